The Hall–Kier alpha value is -2.10. The molecule has 130 valence electrons. The molecule has 0 saturated heterocycles. The Bertz CT molecular complexity index is 777. The molecule has 2 aromatic rings. The average molecular weight is 328 g/mol. The Morgan fingerprint density at radius 2 is 1.71 bits per heavy atom. The molecule has 0 aliphatic rings. The molecule has 1 aromatic carbocycles. The Morgan fingerprint density at radius 1 is 1.04 bits per heavy atom. The van der Waals surface area contributed by atoms with Crippen LogP contribution in [-0.2, 0) is 17.4 Å². The smallest absolute Gasteiger partial charge is 0.305 e. The lowest BCUT2D eigenvalue weighted by Crippen LogP contribution is -2.31. The van der Waals surface area contributed by atoms with Gasteiger partial charge < -0.3 is 4.84 Å². The van der Waals surface area contributed by atoms with E-state index in [9.17, 15) is 4.79 Å². The molecule has 0 fully saturated rings. The normalized spacial score (nSPS) is 12.3. The minimum atomic E-state index is -0.221. The second kappa shape index (κ2) is 6.42. The summed E-state index contributed by atoms with van der Waals surface area (Å²) in [4.78, 5) is 18.8. The minimum absolute atomic E-state index is 0.000101. The highest BCUT2D eigenvalue weighted by Gasteiger charge is 2.22. The molecule has 0 spiro atoms. The van der Waals surface area contributed by atoms with Gasteiger partial charge in [0.25, 0.3) is 0 Å². The molecule has 0 N–H and O–H groups in total. The maximum absolute atomic E-state index is 12.1. The van der Waals surface area contributed by atoms with Crippen LogP contribution in [0, 0.1) is 6.92 Å². The fourth-order valence-electron chi connectivity index (χ4n) is 2.61. The number of hydrogen-bond donors (Lipinski definition) is 0. The van der Waals surface area contributed by atoms with Gasteiger partial charge in [-0.1, -0.05) is 64.6 Å². The molecule has 0 amide bonds. The van der Waals surface area contributed by atoms with E-state index in [-0.39, 0.29) is 16.4 Å². The highest BCUT2D eigenvalue weighted by Crippen LogP contribution is 2.30. The van der Waals surface area contributed by atoms with Crippen molar-refractivity contribution in [3.8, 4) is 0 Å². The average Bonchev–Trinajstić information content (AvgIpc) is 2.46. The van der Waals surface area contributed by atoms with Crippen molar-refractivity contribution in [2.24, 2.45) is 0 Å². The van der Waals surface area contributed by atoms with Crippen LogP contribution in [0.3, 0.4) is 0 Å². The molecule has 0 aliphatic heterocycles. The summed E-state index contributed by atoms with van der Waals surface area (Å²) in [5.41, 5.74) is 4.01. The van der Waals surface area contributed by atoms with Crippen LogP contribution in [0.15, 0.2) is 35.3 Å². The lowest BCUT2D eigenvalue weighted by atomic mass is 9.79. The lowest BCUT2D eigenvalue weighted by molar-refractivity contribution is 0.0581. The van der Waals surface area contributed by atoms with E-state index in [2.05, 4.69) is 64.8 Å². The van der Waals surface area contributed by atoms with Crippen LogP contribution in [-0.4, -0.2) is 9.94 Å². The summed E-state index contributed by atoms with van der Waals surface area (Å²) in [6.45, 7) is 15.2. The zero-order valence-electron chi connectivity index (χ0n) is 15.8. The molecule has 24 heavy (non-hydrogen) atoms. The van der Waals surface area contributed by atoms with Crippen LogP contribution in [0.2, 0.25) is 0 Å². The predicted octanol–water partition coefficient (Wildman–Crippen LogP) is 3.78. The molecular weight excluding hydrogens is 300 g/mol. The lowest BCUT2D eigenvalue weighted by Gasteiger charge is -2.26. The van der Waals surface area contributed by atoms with E-state index in [0.717, 1.165) is 10.4 Å². The first-order chi connectivity index (χ1) is 11.0. The largest absolute Gasteiger partial charge is 0.389 e. The zero-order chi connectivity index (χ0) is 18.1. The molecule has 2 rings (SSSR count). The van der Waals surface area contributed by atoms with Crippen LogP contribution in [0.5, 0.6) is 0 Å². The molecule has 4 nitrogen and oxygen atoms in total. The highest BCUT2D eigenvalue weighted by atomic mass is 16.7. The molecule has 0 bridgehead atoms. The van der Waals surface area contributed by atoms with Crippen molar-refractivity contribution in [3.63, 3.8) is 0 Å². The molecule has 4 heteroatoms. The monoisotopic (exact) mass is 328 g/mol. The molecular formula is C20H28N2O2. The summed E-state index contributed by atoms with van der Waals surface area (Å²) in [7, 11) is 0. The molecule has 0 radical (unpaired) electrons. The van der Waals surface area contributed by atoms with Gasteiger partial charge in [0.2, 0.25) is 0 Å². The SMILES string of the molecule is Cc1ccnn(OCc2cc(C(C)(C)C)ccc2C(C)(C)C)c1=O. The van der Waals surface area contributed by atoms with Gasteiger partial charge in [0.05, 0.1) is 6.20 Å². The fraction of sp³-hybridized carbons (Fsp3) is 0.500. The van der Waals surface area contributed by atoms with Gasteiger partial charge in [-0.3, -0.25) is 4.79 Å². The third-order valence-corrected chi connectivity index (χ3v) is 4.13. The van der Waals surface area contributed by atoms with Gasteiger partial charge in [-0.05, 0) is 40.5 Å². The van der Waals surface area contributed by atoms with E-state index < -0.39 is 0 Å². The van der Waals surface area contributed by atoms with E-state index >= 15 is 0 Å². The number of benzene rings is 1. The third-order valence-electron chi connectivity index (χ3n) is 4.13. The Morgan fingerprint density at radius 3 is 2.29 bits per heavy atom. The summed E-state index contributed by atoms with van der Waals surface area (Å²) < 4.78 is 0. The second-order valence-electron chi connectivity index (χ2n) is 8.34. The molecule has 0 unspecified atom stereocenters. The van der Waals surface area contributed by atoms with Crippen molar-refractivity contribution < 1.29 is 4.84 Å². The van der Waals surface area contributed by atoms with Crippen molar-refractivity contribution in [3.05, 3.63) is 63.1 Å². The Balaban J connectivity index is 2.40. The number of aromatic nitrogens is 2. The zero-order valence-corrected chi connectivity index (χ0v) is 15.8. The van der Waals surface area contributed by atoms with E-state index in [1.165, 1.54) is 11.1 Å². The summed E-state index contributed by atoms with van der Waals surface area (Å²) in [5, 5.41) is 4.00. The van der Waals surface area contributed by atoms with Crippen LogP contribution in [0.25, 0.3) is 0 Å². The summed E-state index contributed by atoms with van der Waals surface area (Å²) >= 11 is 0. The van der Waals surface area contributed by atoms with Crippen LogP contribution >= 0.6 is 0 Å². The van der Waals surface area contributed by atoms with E-state index in [1.807, 2.05) is 0 Å². The first-order valence-corrected chi connectivity index (χ1v) is 8.32. The first kappa shape index (κ1) is 18.2. The van der Waals surface area contributed by atoms with Crippen molar-refractivity contribution in [1.29, 1.82) is 0 Å². The maximum atomic E-state index is 12.1. The maximum Gasteiger partial charge on any atom is 0.305 e. The minimum Gasteiger partial charge on any atom is -0.389 e. The second-order valence-corrected chi connectivity index (χ2v) is 8.34. The Kier molecular flexibility index (Phi) is 4.88. The highest BCUT2D eigenvalue weighted by molar-refractivity contribution is 5.38. The topological polar surface area (TPSA) is 44.1 Å². The van der Waals surface area contributed by atoms with E-state index in [4.69, 9.17) is 4.84 Å². The van der Waals surface area contributed by atoms with Crippen molar-refractivity contribution in [1.82, 2.24) is 9.94 Å². The number of rotatable bonds is 3. The van der Waals surface area contributed by atoms with Gasteiger partial charge in [0.1, 0.15) is 6.61 Å². The van der Waals surface area contributed by atoms with E-state index in [1.54, 1.807) is 19.2 Å². The first-order valence-electron chi connectivity index (χ1n) is 8.32. The van der Waals surface area contributed by atoms with Crippen molar-refractivity contribution in [2.45, 2.75) is 65.9 Å². The standard InChI is InChI=1S/C20H28N2O2/c1-14-10-11-21-22(18(14)23)24-13-15-12-16(19(2,3)4)8-9-17(15)20(5,6)7/h8-12H,13H2,1-7H3. The van der Waals surface area contributed by atoms with Gasteiger partial charge in [0.15, 0.2) is 0 Å². The molecule has 0 atom stereocenters. The van der Waals surface area contributed by atoms with Crippen molar-refractivity contribution >= 4 is 0 Å². The van der Waals surface area contributed by atoms with Crippen molar-refractivity contribution in [2.75, 3.05) is 0 Å². The van der Waals surface area contributed by atoms with Crippen LogP contribution in [0.4, 0.5) is 0 Å². The number of hydrogen-bond acceptors (Lipinski definition) is 3. The predicted molar refractivity (Wildman–Crippen MR) is 97.4 cm³/mol. The molecule has 0 saturated carbocycles. The molecule has 1 aromatic heterocycles. The quantitative estimate of drug-likeness (QED) is 0.861. The Labute approximate surface area is 144 Å². The third kappa shape index (κ3) is 4.05. The van der Waals surface area contributed by atoms with Gasteiger partial charge >= 0.3 is 5.56 Å². The fourth-order valence-corrected chi connectivity index (χ4v) is 2.61. The van der Waals surface area contributed by atoms with Gasteiger partial charge in [-0.15, -0.1) is 5.10 Å². The summed E-state index contributed by atoms with van der Waals surface area (Å²) in [5.74, 6) is 0. The summed E-state index contributed by atoms with van der Waals surface area (Å²) in [6, 6.07) is 8.22. The van der Waals surface area contributed by atoms with E-state index in [0.29, 0.717) is 12.2 Å². The number of aryl methyl sites for hydroxylation is 1. The summed E-state index contributed by atoms with van der Waals surface area (Å²) in [6.07, 6.45) is 1.58. The van der Waals surface area contributed by atoms with Crippen LogP contribution in [0.1, 0.15) is 63.8 Å². The molecule has 0 aliphatic carbocycles. The molecule has 1 heterocycles. The van der Waals surface area contributed by atoms with Gasteiger partial charge in [-0.25, -0.2) is 0 Å². The number of nitrogens with zero attached hydrogens (tertiary/aromatic N) is 2. The van der Waals surface area contributed by atoms with Gasteiger partial charge in [-0.2, -0.15) is 0 Å². The van der Waals surface area contributed by atoms with Gasteiger partial charge in [0, 0.05) is 5.56 Å². The van der Waals surface area contributed by atoms with Crippen LogP contribution < -0.4 is 10.4 Å².